The third-order valence-corrected chi connectivity index (χ3v) is 3.33. The molecule has 0 saturated carbocycles. The molecule has 0 aliphatic rings. The summed E-state index contributed by atoms with van der Waals surface area (Å²) >= 11 is 9.43. The fraction of sp³-hybridized carbons (Fsp3) is 0.182. The lowest BCUT2D eigenvalue weighted by atomic mass is 10.1. The second-order valence-corrected chi connectivity index (χ2v) is 4.68. The second kappa shape index (κ2) is 4.47. The van der Waals surface area contributed by atoms with Crippen LogP contribution in [0.3, 0.4) is 0 Å². The highest BCUT2D eigenvalue weighted by Gasteiger charge is 2.12. The van der Waals surface area contributed by atoms with Crippen molar-refractivity contribution < 1.29 is 0 Å². The van der Waals surface area contributed by atoms with E-state index in [-0.39, 0.29) is 0 Å². The molecule has 0 unspecified atom stereocenters. The Bertz CT molecular complexity index is 522. The van der Waals surface area contributed by atoms with Crippen LogP contribution in [0.25, 0.3) is 11.3 Å². The smallest absolute Gasteiger partial charge is 0.131 e. The van der Waals surface area contributed by atoms with Crippen molar-refractivity contribution >= 4 is 33.3 Å². The van der Waals surface area contributed by atoms with E-state index >= 15 is 0 Å². The third kappa shape index (κ3) is 1.95. The summed E-state index contributed by atoms with van der Waals surface area (Å²) < 4.78 is 2.83. The van der Waals surface area contributed by atoms with E-state index in [1.165, 1.54) is 0 Å². The van der Waals surface area contributed by atoms with Crippen molar-refractivity contribution in [1.82, 2.24) is 9.55 Å². The van der Waals surface area contributed by atoms with E-state index < -0.39 is 0 Å². The molecule has 2 aromatic rings. The number of aromatic nitrogens is 2. The highest BCUT2D eigenvalue weighted by atomic mass is 79.9. The Hall–Kier alpha value is -1.00. The Morgan fingerprint density at radius 3 is 2.88 bits per heavy atom. The SMILES string of the molecule is CCn1cnc(-c2cc(Cl)ccc2Br)c1N. The van der Waals surface area contributed by atoms with Crippen molar-refractivity contribution in [2.24, 2.45) is 0 Å². The molecule has 0 bridgehead atoms. The fourth-order valence-corrected chi connectivity index (χ4v) is 2.14. The van der Waals surface area contributed by atoms with Gasteiger partial charge in [0.05, 0.1) is 6.33 Å². The van der Waals surface area contributed by atoms with Gasteiger partial charge in [-0.05, 0) is 25.1 Å². The molecule has 0 aliphatic carbocycles. The van der Waals surface area contributed by atoms with Crippen LogP contribution in [0.4, 0.5) is 5.82 Å². The predicted molar refractivity (Wildman–Crippen MR) is 70.5 cm³/mol. The monoisotopic (exact) mass is 299 g/mol. The maximum Gasteiger partial charge on any atom is 0.131 e. The number of imidazole rings is 1. The van der Waals surface area contributed by atoms with Gasteiger partial charge >= 0.3 is 0 Å². The van der Waals surface area contributed by atoms with Crippen LogP contribution >= 0.6 is 27.5 Å². The van der Waals surface area contributed by atoms with Crippen molar-refractivity contribution in [3.8, 4) is 11.3 Å². The van der Waals surface area contributed by atoms with Crippen LogP contribution in [0.15, 0.2) is 29.0 Å². The van der Waals surface area contributed by atoms with E-state index in [0.717, 1.165) is 22.3 Å². The van der Waals surface area contributed by atoms with E-state index in [0.29, 0.717) is 10.8 Å². The van der Waals surface area contributed by atoms with E-state index in [4.69, 9.17) is 17.3 Å². The maximum absolute atomic E-state index is 6.00. The number of hydrogen-bond donors (Lipinski definition) is 1. The molecule has 1 heterocycles. The first kappa shape index (κ1) is 11.5. The summed E-state index contributed by atoms with van der Waals surface area (Å²) in [6, 6.07) is 5.56. The van der Waals surface area contributed by atoms with Crippen molar-refractivity contribution in [2.45, 2.75) is 13.5 Å². The van der Waals surface area contributed by atoms with Crippen LogP contribution in [0.5, 0.6) is 0 Å². The molecule has 0 saturated heterocycles. The molecule has 0 fully saturated rings. The van der Waals surface area contributed by atoms with Gasteiger partial charge in [0.1, 0.15) is 11.5 Å². The minimum Gasteiger partial charge on any atom is -0.383 e. The van der Waals surface area contributed by atoms with Gasteiger partial charge in [0.15, 0.2) is 0 Å². The van der Waals surface area contributed by atoms with Gasteiger partial charge in [-0.3, -0.25) is 0 Å². The molecule has 0 radical (unpaired) electrons. The molecular weight excluding hydrogens is 289 g/mol. The standard InChI is InChI=1S/C11H11BrClN3/c1-2-16-6-15-10(11(16)14)8-5-7(13)3-4-9(8)12/h3-6H,2,14H2,1H3. The first-order chi connectivity index (χ1) is 7.63. The summed E-state index contributed by atoms with van der Waals surface area (Å²) in [6.07, 6.45) is 1.73. The predicted octanol–water partition coefficient (Wildman–Crippen LogP) is 3.57. The number of halogens is 2. The molecular formula is C11H11BrClN3. The molecule has 0 amide bonds. The van der Waals surface area contributed by atoms with Crippen molar-refractivity contribution in [1.29, 1.82) is 0 Å². The van der Waals surface area contributed by atoms with Gasteiger partial charge < -0.3 is 10.3 Å². The van der Waals surface area contributed by atoms with Crippen LogP contribution in [0.2, 0.25) is 5.02 Å². The minimum absolute atomic E-state index is 0.658. The van der Waals surface area contributed by atoms with Crippen molar-refractivity contribution in [2.75, 3.05) is 5.73 Å². The summed E-state index contributed by atoms with van der Waals surface area (Å²) in [5.41, 5.74) is 7.68. The second-order valence-electron chi connectivity index (χ2n) is 3.39. The summed E-state index contributed by atoms with van der Waals surface area (Å²) in [5, 5.41) is 0.670. The van der Waals surface area contributed by atoms with Crippen LogP contribution < -0.4 is 5.73 Å². The normalized spacial score (nSPS) is 10.7. The van der Waals surface area contributed by atoms with E-state index in [2.05, 4.69) is 20.9 Å². The maximum atomic E-state index is 6.00. The highest BCUT2D eigenvalue weighted by molar-refractivity contribution is 9.10. The van der Waals surface area contributed by atoms with Crippen LogP contribution in [-0.2, 0) is 6.54 Å². The molecule has 2 rings (SSSR count). The number of aryl methyl sites for hydroxylation is 1. The number of benzene rings is 1. The zero-order valence-corrected chi connectivity index (χ0v) is 11.1. The van der Waals surface area contributed by atoms with Crippen LogP contribution in [0.1, 0.15) is 6.92 Å². The molecule has 5 heteroatoms. The number of nitrogens with two attached hydrogens (primary N) is 1. The first-order valence-corrected chi connectivity index (χ1v) is 6.06. The number of rotatable bonds is 2. The lowest BCUT2D eigenvalue weighted by Gasteiger charge is -2.05. The van der Waals surface area contributed by atoms with Crippen LogP contribution in [0, 0.1) is 0 Å². The largest absolute Gasteiger partial charge is 0.383 e. The number of nitrogens with zero attached hydrogens (tertiary/aromatic N) is 2. The molecule has 0 atom stereocenters. The molecule has 84 valence electrons. The van der Waals surface area contributed by atoms with Gasteiger partial charge in [0, 0.05) is 21.6 Å². The lowest BCUT2D eigenvalue weighted by Crippen LogP contribution is -1.99. The van der Waals surface area contributed by atoms with Gasteiger partial charge in [0.25, 0.3) is 0 Å². The highest BCUT2D eigenvalue weighted by Crippen LogP contribution is 2.33. The fourth-order valence-electron chi connectivity index (χ4n) is 1.53. The zero-order valence-electron chi connectivity index (χ0n) is 8.74. The molecule has 0 spiro atoms. The van der Waals surface area contributed by atoms with Gasteiger partial charge in [-0.25, -0.2) is 4.98 Å². The van der Waals surface area contributed by atoms with Gasteiger partial charge in [-0.1, -0.05) is 27.5 Å². The minimum atomic E-state index is 0.658. The van der Waals surface area contributed by atoms with E-state index in [1.54, 1.807) is 6.33 Å². The quantitative estimate of drug-likeness (QED) is 0.921. The van der Waals surface area contributed by atoms with E-state index in [9.17, 15) is 0 Å². The molecule has 1 aromatic carbocycles. The van der Waals surface area contributed by atoms with E-state index in [1.807, 2.05) is 29.7 Å². The zero-order chi connectivity index (χ0) is 11.7. The number of anilines is 1. The number of hydrogen-bond acceptors (Lipinski definition) is 2. The summed E-state index contributed by atoms with van der Waals surface area (Å²) in [6.45, 7) is 2.83. The van der Waals surface area contributed by atoms with Gasteiger partial charge in [0.2, 0.25) is 0 Å². The molecule has 2 N–H and O–H groups in total. The average molecular weight is 301 g/mol. The molecule has 0 aliphatic heterocycles. The topological polar surface area (TPSA) is 43.8 Å². The Balaban J connectivity index is 2.58. The summed E-state index contributed by atoms with van der Waals surface area (Å²) in [5.74, 6) is 0.658. The van der Waals surface area contributed by atoms with Gasteiger partial charge in [-0.2, -0.15) is 0 Å². The Morgan fingerprint density at radius 2 is 2.25 bits per heavy atom. The van der Waals surface area contributed by atoms with Crippen molar-refractivity contribution in [3.05, 3.63) is 34.0 Å². The summed E-state index contributed by atoms with van der Waals surface area (Å²) in [7, 11) is 0. The summed E-state index contributed by atoms with van der Waals surface area (Å²) in [4.78, 5) is 4.31. The Morgan fingerprint density at radius 1 is 1.50 bits per heavy atom. The Labute approximate surface area is 107 Å². The average Bonchev–Trinajstić information content (AvgIpc) is 2.63. The van der Waals surface area contributed by atoms with Crippen LogP contribution in [-0.4, -0.2) is 9.55 Å². The molecule has 3 nitrogen and oxygen atoms in total. The lowest BCUT2D eigenvalue weighted by molar-refractivity contribution is 0.771. The Kier molecular flexibility index (Phi) is 3.21. The first-order valence-electron chi connectivity index (χ1n) is 4.89. The third-order valence-electron chi connectivity index (χ3n) is 2.40. The van der Waals surface area contributed by atoms with Crippen molar-refractivity contribution in [3.63, 3.8) is 0 Å². The number of nitrogen functional groups attached to an aromatic ring is 1. The molecule has 16 heavy (non-hydrogen) atoms. The van der Waals surface area contributed by atoms with Gasteiger partial charge in [-0.15, -0.1) is 0 Å². The molecule has 1 aromatic heterocycles.